The van der Waals surface area contributed by atoms with Gasteiger partial charge in [-0.15, -0.1) is 0 Å². The largest absolute Gasteiger partial charge is 0.462 e. The first-order valence-electron chi connectivity index (χ1n) is 19.0. The molecule has 0 aromatic carbocycles. The number of ether oxygens (including phenoxy) is 2. The number of piperidine rings is 2. The van der Waals surface area contributed by atoms with Crippen molar-refractivity contribution in [3.8, 4) is 0 Å². The number of hydroxylamine groups is 2. The predicted molar refractivity (Wildman–Crippen MR) is 192 cm³/mol. The van der Waals surface area contributed by atoms with Crippen molar-refractivity contribution in [1.29, 1.82) is 0 Å². The van der Waals surface area contributed by atoms with E-state index >= 15 is 0 Å². The molecule has 2 rings (SSSR count). The highest BCUT2D eigenvalue weighted by molar-refractivity contribution is 5.69. The van der Waals surface area contributed by atoms with Crippen molar-refractivity contribution in [1.82, 2.24) is 9.96 Å². The Balaban J connectivity index is 0.000000489. The van der Waals surface area contributed by atoms with Crippen LogP contribution in [-0.4, -0.2) is 69.9 Å². The molecule has 0 atom stereocenters. The Morgan fingerprint density at radius 2 is 0.891 bits per heavy atom. The minimum absolute atomic E-state index is 0.0157. The molecular formula is C39H76N2O5. The highest BCUT2D eigenvalue weighted by Crippen LogP contribution is 2.40. The first-order chi connectivity index (χ1) is 21.4. The molecule has 0 bridgehead atoms. The van der Waals surface area contributed by atoms with Crippen LogP contribution in [0.15, 0.2) is 0 Å². The molecule has 2 saturated heterocycles. The Labute approximate surface area is 285 Å². The number of nitrogens with zero attached hydrogens (tertiary/aromatic N) is 2. The molecule has 0 spiro atoms. The van der Waals surface area contributed by atoms with Gasteiger partial charge in [0.05, 0.1) is 6.61 Å². The van der Waals surface area contributed by atoms with Gasteiger partial charge in [0.15, 0.2) is 0 Å². The Morgan fingerprint density at radius 1 is 0.543 bits per heavy atom. The maximum absolute atomic E-state index is 12.1. The van der Waals surface area contributed by atoms with E-state index in [9.17, 15) is 9.59 Å². The maximum Gasteiger partial charge on any atom is 0.306 e. The Kier molecular flexibility index (Phi) is 19.0. The molecule has 0 aromatic rings. The summed E-state index contributed by atoms with van der Waals surface area (Å²) in [6.07, 6.45) is 18.6. The van der Waals surface area contributed by atoms with Crippen LogP contribution in [0.4, 0.5) is 0 Å². The predicted octanol–water partition coefficient (Wildman–Crippen LogP) is 10.2. The number of carbonyl (C=O) groups excluding carboxylic acids is 2. The van der Waals surface area contributed by atoms with Crippen LogP contribution in [0.2, 0.25) is 0 Å². The molecule has 0 amide bonds. The zero-order chi connectivity index (χ0) is 35.0. The van der Waals surface area contributed by atoms with Crippen LogP contribution in [0, 0.1) is 0 Å². The summed E-state index contributed by atoms with van der Waals surface area (Å²) < 4.78 is 11.5. The Hall–Kier alpha value is -1.18. The summed E-state index contributed by atoms with van der Waals surface area (Å²) in [5.74, 6) is -0.0592. The summed E-state index contributed by atoms with van der Waals surface area (Å²) in [4.78, 5) is 32.6. The molecule has 7 heteroatoms. The maximum atomic E-state index is 12.1. The number of hydrogen-bond acceptors (Lipinski definition) is 7. The second kappa shape index (κ2) is 20.4. The van der Waals surface area contributed by atoms with Gasteiger partial charge in [-0.2, -0.15) is 5.06 Å². The summed E-state index contributed by atoms with van der Waals surface area (Å²) in [5, 5.41) is 2.17. The van der Waals surface area contributed by atoms with E-state index in [2.05, 4.69) is 93.2 Å². The third kappa shape index (κ3) is 15.4. The fourth-order valence-corrected chi connectivity index (χ4v) is 7.53. The van der Waals surface area contributed by atoms with E-state index in [1.165, 1.54) is 32.1 Å². The average molecular weight is 653 g/mol. The zero-order valence-corrected chi connectivity index (χ0v) is 32.5. The third-order valence-corrected chi connectivity index (χ3v) is 10.1. The molecule has 0 radical (unpaired) electrons. The minimum atomic E-state index is -0.141. The van der Waals surface area contributed by atoms with Gasteiger partial charge >= 0.3 is 11.9 Å². The SMILES string of the molecule is CCCCCC(=O)OC1CC(C)(C)N(C)C(C)(C)C1.CCCCCCCCON1C(C)(C)CC(OC(=O)CCCCC)CC1(C)C. The normalized spacial score (nSPS) is 21.3. The van der Waals surface area contributed by atoms with Crippen molar-refractivity contribution in [3.05, 3.63) is 0 Å². The van der Waals surface area contributed by atoms with Crippen LogP contribution in [0.3, 0.4) is 0 Å². The van der Waals surface area contributed by atoms with Crippen molar-refractivity contribution in [3.63, 3.8) is 0 Å². The lowest BCUT2D eigenvalue weighted by atomic mass is 9.79. The number of carbonyl (C=O) groups is 2. The first-order valence-corrected chi connectivity index (χ1v) is 19.0. The monoisotopic (exact) mass is 653 g/mol. The Bertz CT molecular complexity index is 832. The van der Waals surface area contributed by atoms with Gasteiger partial charge in [-0.3, -0.25) is 19.3 Å². The van der Waals surface area contributed by atoms with Gasteiger partial charge in [0.25, 0.3) is 0 Å². The molecule has 2 aliphatic heterocycles. The second-order valence-electron chi connectivity index (χ2n) is 16.7. The summed E-state index contributed by atoms with van der Waals surface area (Å²) >= 11 is 0. The quantitative estimate of drug-likeness (QED) is 0.108. The van der Waals surface area contributed by atoms with E-state index < -0.39 is 0 Å². The molecule has 7 nitrogen and oxygen atoms in total. The highest BCUT2D eigenvalue weighted by atomic mass is 16.7. The Morgan fingerprint density at radius 3 is 1.30 bits per heavy atom. The van der Waals surface area contributed by atoms with Crippen LogP contribution < -0.4 is 0 Å². The molecule has 0 aromatic heterocycles. The van der Waals surface area contributed by atoms with Crippen LogP contribution >= 0.6 is 0 Å². The lowest BCUT2D eigenvalue weighted by Gasteiger charge is -2.53. The lowest BCUT2D eigenvalue weighted by molar-refractivity contribution is -0.293. The summed E-state index contributed by atoms with van der Waals surface area (Å²) in [6, 6.07) is 0. The van der Waals surface area contributed by atoms with Gasteiger partial charge in [-0.25, -0.2) is 0 Å². The van der Waals surface area contributed by atoms with Gasteiger partial charge in [0.2, 0.25) is 0 Å². The molecule has 0 saturated carbocycles. The topological polar surface area (TPSA) is 68.3 Å². The van der Waals surface area contributed by atoms with Gasteiger partial charge in [-0.1, -0.05) is 78.6 Å². The van der Waals surface area contributed by atoms with Gasteiger partial charge in [0, 0.05) is 60.7 Å². The molecule has 0 aliphatic carbocycles. The molecule has 0 unspecified atom stereocenters. The van der Waals surface area contributed by atoms with E-state index in [-0.39, 0.29) is 46.3 Å². The van der Waals surface area contributed by atoms with Crippen LogP contribution in [-0.2, 0) is 23.9 Å². The van der Waals surface area contributed by atoms with Crippen molar-refractivity contribution >= 4 is 11.9 Å². The smallest absolute Gasteiger partial charge is 0.306 e. The third-order valence-electron chi connectivity index (χ3n) is 10.1. The second-order valence-corrected chi connectivity index (χ2v) is 16.7. The fraction of sp³-hybridized carbons (Fsp3) is 0.949. The lowest BCUT2D eigenvalue weighted by Crippen LogP contribution is -2.62. The van der Waals surface area contributed by atoms with Crippen molar-refractivity contribution in [2.24, 2.45) is 0 Å². The van der Waals surface area contributed by atoms with E-state index in [0.717, 1.165) is 77.2 Å². The van der Waals surface area contributed by atoms with E-state index in [1.807, 2.05) is 0 Å². The summed E-state index contributed by atoms with van der Waals surface area (Å²) in [7, 11) is 2.17. The van der Waals surface area contributed by atoms with Crippen LogP contribution in [0.1, 0.15) is 192 Å². The van der Waals surface area contributed by atoms with Crippen molar-refractivity contribution in [2.75, 3.05) is 13.7 Å². The molecule has 2 aliphatic rings. The van der Waals surface area contributed by atoms with E-state index in [1.54, 1.807) is 0 Å². The standard InChI is InChI=1S/C23H45NO3.C16H31NO2/c1-7-9-11-12-13-15-17-26-24-22(3,4)18-20(19-23(24,5)6)27-21(25)16-14-10-8-2;1-7-8-9-10-14(18)19-13-11-15(2,3)17(6)16(4,5)12-13/h20H,7-19H2,1-6H3;13H,7-12H2,1-6H3. The van der Waals surface area contributed by atoms with Crippen molar-refractivity contribution < 1.29 is 23.9 Å². The highest BCUT2D eigenvalue weighted by Gasteiger charge is 2.48. The number of rotatable bonds is 18. The molecule has 2 fully saturated rings. The van der Waals surface area contributed by atoms with Crippen LogP contribution in [0.25, 0.3) is 0 Å². The molecular weight excluding hydrogens is 576 g/mol. The molecule has 0 N–H and O–H groups in total. The van der Waals surface area contributed by atoms with Crippen molar-refractivity contribution in [2.45, 2.75) is 226 Å². The van der Waals surface area contributed by atoms with Gasteiger partial charge < -0.3 is 9.47 Å². The summed E-state index contributed by atoms with van der Waals surface area (Å²) in [6.45, 7) is 25.0. The minimum Gasteiger partial charge on any atom is -0.462 e. The van der Waals surface area contributed by atoms with Gasteiger partial charge in [-0.05, 0) is 81.7 Å². The molecule has 272 valence electrons. The fourth-order valence-electron chi connectivity index (χ4n) is 7.53. The molecule has 2 heterocycles. The summed E-state index contributed by atoms with van der Waals surface area (Å²) in [5.41, 5.74) is -0.122. The average Bonchev–Trinajstić information content (AvgIpc) is 2.92. The molecule has 46 heavy (non-hydrogen) atoms. The zero-order valence-electron chi connectivity index (χ0n) is 32.5. The number of likely N-dealkylation sites (tertiary alicyclic amines) is 1. The van der Waals surface area contributed by atoms with Crippen LogP contribution in [0.5, 0.6) is 0 Å². The number of hydrogen-bond donors (Lipinski definition) is 0. The number of esters is 2. The van der Waals surface area contributed by atoms with E-state index in [0.29, 0.717) is 12.8 Å². The first kappa shape index (κ1) is 42.8. The van der Waals surface area contributed by atoms with Gasteiger partial charge in [0.1, 0.15) is 12.2 Å². The number of unbranched alkanes of at least 4 members (excludes halogenated alkanes) is 9. The van der Waals surface area contributed by atoms with E-state index in [4.69, 9.17) is 14.3 Å².